The smallest absolute Gasteiger partial charge is 0.224 e. The Balaban J connectivity index is 1.50. The number of nitrogens with one attached hydrogen (secondary N) is 1. The molecule has 4 rings (SSSR count). The largest absolute Gasteiger partial charge is 0.352 e. The van der Waals surface area contributed by atoms with Gasteiger partial charge in [-0.25, -0.2) is 13.2 Å². The van der Waals surface area contributed by atoms with Crippen LogP contribution in [0.15, 0.2) is 66.7 Å². The molecular weight excluding hydrogens is 425 g/mol. The molecule has 0 spiro atoms. The molecule has 0 saturated carbocycles. The number of carbonyl (C=O) groups is 1. The third kappa shape index (κ3) is 6.02. The fraction of sp³-hybridized carbons (Fsp3) is 0.296. The SMILES string of the molecule is Cc1cc(C2CC(C(=O)NCc3cccc(F)c3)CN(Cc3ccc(F)cc3)C2)ccc1F. The average molecular weight is 453 g/mol. The van der Waals surface area contributed by atoms with Gasteiger partial charge in [-0.15, -0.1) is 0 Å². The number of nitrogens with zero attached hydrogens (tertiary/aromatic N) is 1. The van der Waals surface area contributed by atoms with Crippen LogP contribution in [-0.4, -0.2) is 23.9 Å². The second-order valence-electron chi connectivity index (χ2n) is 8.81. The highest BCUT2D eigenvalue weighted by atomic mass is 19.1. The van der Waals surface area contributed by atoms with Crippen LogP contribution in [0.2, 0.25) is 0 Å². The van der Waals surface area contributed by atoms with Gasteiger partial charge in [0.25, 0.3) is 0 Å². The van der Waals surface area contributed by atoms with Crippen LogP contribution in [0.1, 0.15) is 34.6 Å². The van der Waals surface area contributed by atoms with Crippen LogP contribution in [0.4, 0.5) is 13.2 Å². The van der Waals surface area contributed by atoms with Crippen LogP contribution in [0, 0.1) is 30.3 Å². The number of carbonyl (C=O) groups excluding carboxylic acids is 1. The van der Waals surface area contributed by atoms with E-state index in [0.29, 0.717) is 30.6 Å². The molecule has 172 valence electrons. The maximum Gasteiger partial charge on any atom is 0.224 e. The number of likely N-dealkylation sites (tertiary alicyclic amines) is 1. The molecule has 1 fully saturated rings. The number of rotatable bonds is 6. The summed E-state index contributed by atoms with van der Waals surface area (Å²) in [5, 5.41) is 2.94. The van der Waals surface area contributed by atoms with E-state index < -0.39 is 0 Å². The Labute approximate surface area is 192 Å². The molecule has 0 bridgehead atoms. The first-order chi connectivity index (χ1) is 15.9. The predicted octanol–water partition coefficient (Wildman–Crippen LogP) is 5.33. The highest BCUT2D eigenvalue weighted by molar-refractivity contribution is 5.79. The fourth-order valence-electron chi connectivity index (χ4n) is 4.50. The summed E-state index contributed by atoms with van der Waals surface area (Å²) >= 11 is 0. The van der Waals surface area contributed by atoms with Crippen LogP contribution in [-0.2, 0) is 17.9 Å². The minimum atomic E-state index is -0.336. The van der Waals surface area contributed by atoms with E-state index in [2.05, 4.69) is 10.2 Å². The van der Waals surface area contributed by atoms with Gasteiger partial charge in [0.2, 0.25) is 5.91 Å². The summed E-state index contributed by atoms with van der Waals surface area (Å²) in [7, 11) is 0. The first-order valence-corrected chi connectivity index (χ1v) is 11.1. The molecule has 1 amide bonds. The Hall–Kier alpha value is -3.12. The molecule has 33 heavy (non-hydrogen) atoms. The lowest BCUT2D eigenvalue weighted by atomic mass is 9.83. The molecular formula is C27H27F3N2O. The molecule has 6 heteroatoms. The van der Waals surface area contributed by atoms with Gasteiger partial charge in [0.15, 0.2) is 0 Å². The van der Waals surface area contributed by atoms with Crippen molar-refractivity contribution in [1.29, 1.82) is 0 Å². The average Bonchev–Trinajstić information content (AvgIpc) is 2.80. The van der Waals surface area contributed by atoms with Crippen molar-refractivity contribution in [2.24, 2.45) is 5.92 Å². The Morgan fingerprint density at radius 2 is 1.73 bits per heavy atom. The van der Waals surface area contributed by atoms with Crippen LogP contribution in [0.3, 0.4) is 0 Å². The number of hydrogen-bond acceptors (Lipinski definition) is 2. The number of amides is 1. The first kappa shape index (κ1) is 23.1. The highest BCUT2D eigenvalue weighted by Crippen LogP contribution is 2.32. The molecule has 2 unspecified atom stereocenters. The minimum absolute atomic E-state index is 0.0587. The lowest BCUT2D eigenvalue weighted by molar-refractivity contribution is -0.127. The predicted molar refractivity (Wildman–Crippen MR) is 122 cm³/mol. The van der Waals surface area contributed by atoms with E-state index in [1.54, 1.807) is 37.3 Å². The van der Waals surface area contributed by atoms with Crippen molar-refractivity contribution in [3.8, 4) is 0 Å². The van der Waals surface area contributed by atoms with Gasteiger partial charge in [-0.05, 0) is 71.8 Å². The zero-order chi connectivity index (χ0) is 23.4. The Morgan fingerprint density at radius 1 is 0.939 bits per heavy atom. The molecule has 2 atom stereocenters. The van der Waals surface area contributed by atoms with Crippen molar-refractivity contribution < 1.29 is 18.0 Å². The quantitative estimate of drug-likeness (QED) is 0.548. The maximum absolute atomic E-state index is 13.8. The van der Waals surface area contributed by atoms with Gasteiger partial charge >= 0.3 is 0 Å². The highest BCUT2D eigenvalue weighted by Gasteiger charge is 2.32. The molecule has 0 radical (unpaired) electrons. The van der Waals surface area contributed by atoms with Crippen molar-refractivity contribution >= 4 is 5.91 Å². The number of halogens is 3. The second-order valence-corrected chi connectivity index (χ2v) is 8.81. The fourth-order valence-corrected chi connectivity index (χ4v) is 4.50. The summed E-state index contributed by atoms with van der Waals surface area (Å²) in [5.74, 6) is -1.18. The van der Waals surface area contributed by atoms with Gasteiger partial charge in [-0.3, -0.25) is 9.69 Å². The van der Waals surface area contributed by atoms with Gasteiger partial charge in [0.05, 0.1) is 5.92 Å². The lowest BCUT2D eigenvalue weighted by Gasteiger charge is -2.37. The number of piperidine rings is 1. The molecule has 0 aromatic heterocycles. The van der Waals surface area contributed by atoms with E-state index in [1.165, 1.54) is 30.3 Å². The summed E-state index contributed by atoms with van der Waals surface area (Å²) < 4.78 is 40.6. The van der Waals surface area contributed by atoms with Crippen molar-refractivity contribution in [3.05, 3.63) is 106 Å². The Morgan fingerprint density at radius 3 is 2.45 bits per heavy atom. The van der Waals surface area contributed by atoms with Crippen molar-refractivity contribution in [1.82, 2.24) is 10.2 Å². The van der Waals surface area contributed by atoms with Gasteiger partial charge in [-0.1, -0.05) is 36.4 Å². The van der Waals surface area contributed by atoms with Gasteiger partial charge < -0.3 is 5.32 Å². The number of aryl methyl sites for hydroxylation is 1. The molecule has 1 N–H and O–H groups in total. The van der Waals surface area contributed by atoms with E-state index in [0.717, 1.165) is 17.7 Å². The molecule has 1 aliphatic rings. The number of hydrogen-bond donors (Lipinski definition) is 1. The van der Waals surface area contributed by atoms with Crippen LogP contribution in [0.5, 0.6) is 0 Å². The Bertz CT molecular complexity index is 1120. The summed E-state index contributed by atoms with van der Waals surface area (Å²) in [6.07, 6.45) is 0.639. The summed E-state index contributed by atoms with van der Waals surface area (Å²) in [4.78, 5) is 15.2. The monoisotopic (exact) mass is 452 g/mol. The van der Waals surface area contributed by atoms with Crippen LogP contribution < -0.4 is 5.32 Å². The third-order valence-corrected chi connectivity index (χ3v) is 6.23. The minimum Gasteiger partial charge on any atom is -0.352 e. The van der Waals surface area contributed by atoms with Crippen LogP contribution in [0.25, 0.3) is 0 Å². The topological polar surface area (TPSA) is 32.3 Å². The molecule has 1 heterocycles. The van der Waals surface area contributed by atoms with Crippen LogP contribution >= 0.6 is 0 Å². The third-order valence-electron chi connectivity index (χ3n) is 6.23. The van der Waals surface area contributed by atoms with E-state index in [1.807, 2.05) is 6.07 Å². The number of benzene rings is 3. The normalized spacial score (nSPS) is 18.8. The molecule has 3 aromatic rings. The summed E-state index contributed by atoms with van der Waals surface area (Å²) in [5.41, 5.74) is 3.25. The van der Waals surface area contributed by atoms with Gasteiger partial charge in [0.1, 0.15) is 17.5 Å². The molecule has 0 aliphatic carbocycles. The molecule has 3 nitrogen and oxygen atoms in total. The van der Waals surface area contributed by atoms with E-state index in [9.17, 15) is 18.0 Å². The Kier molecular flexibility index (Phi) is 7.14. The second kappa shape index (κ2) is 10.2. The van der Waals surface area contributed by atoms with Gasteiger partial charge in [-0.2, -0.15) is 0 Å². The van der Waals surface area contributed by atoms with E-state index in [4.69, 9.17) is 0 Å². The first-order valence-electron chi connectivity index (χ1n) is 11.1. The maximum atomic E-state index is 13.8. The lowest BCUT2D eigenvalue weighted by Crippen LogP contribution is -2.45. The molecule has 3 aromatic carbocycles. The van der Waals surface area contributed by atoms with Gasteiger partial charge in [0, 0.05) is 26.2 Å². The van der Waals surface area contributed by atoms with Crippen molar-refractivity contribution in [2.45, 2.75) is 32.4 Å². The van der Waals surface area contributed by atoms with Crippen molar-refractivity contribution in [3.63, 3.8) is 0 Å². The zero-order valence-electron chi connectivity index (χ0n) is 18.5. The summed E-state index contributed by atoms with van der Waals surface area (Å²) in [6.45, 7) is 3.86. The standard InChI is InChI=1S/C27H27F3N2O/c1-18-11-21(7-10-26(18)30)22-13-23(27(33)31-14-20-3-2-4-25(29)12-20)17-32(16-22)15-19-5-8-24(28)9-6-19/h2-12,22-23H,13-17H2,1H3,(H,31,33). The summed E-state index contributed by atoms with van der Waals surface area (Å²) in [6, 6.07) is 17.7. The molecule has 1 aliphatic heterocycles. The van der Waals surface area contributed by atoms with E-state index in [-0.39, 0.29) is 41.7 Å². The van der Waals surface area contributed by atoms with E-state index >= 15 is 0 Å². The zero-order valence-corrected chi connectivity index (χ0v) is 18.5. The molecule has 1 saturated heterocycles. The van der Waals surface area contributed by atoms with Crippen molar-refractivity contribution in [2.75, 3.05) is 13.1 Å².